The van der Waals surface area contributed by atoms with Crippen molar-refractivity contribution in [1.29, 1.82) is 1.43 Å². The van der Waals surface area contributed by atoms with Crippen LogP contribution in [0.5, 0.6) is 0 Å². The minimum atomic E-state index is -0.826. The molecule has 9 atom stereocenters. The third-order valence-electron chi connectivity index (χ3n) is 15.5. The van der Waals surface area contributed by atoms with Crippen molar-refractivity contribution < 1.29 is 26.0 Å². The van der Waals surface area contributed by atoms with Crippen LogP contribution in [0.3, 0.4) is 0 Å². The first-order valence-electron chi connectivity index (χ1n) is 31.8. The summed E-state index contributed by atoms with van der Waals surface area (Å²) in [5.41, 5.74) is 6.81. The van der Waals surface area contributed by atoms with E-state index in [9.17, 15) is 0 Å². The molecule has 0 amide bonds. The molecule has 83 heavy (non-hydrogen) atoms. The number of allylic oxidation sites excluding steroid dienone is 16. The summed E-state index contributed by atoms with van der Waals surface area (Å²) in [7, 11) is 10.4. The first kappa shape index (κ1) is 89.8. The third-order valence-corrected chi connectivity index (χ3v) is 17.4. The monoisotopic (exact) mass is 1280 g/mol. The first-order valence-corrected chi connectivity index (χ1v) is 41.4. The van der Waals surface area contributed by atoms with Crippen LogP contribution in [0, 0.1) is 84.4 Å². The molecule has 4 aliphatic rings. The van der Waals surface area contributed by atoms with Gasteiger partial charge in [-0.25, -0.2) is 0 Å². The van der Waals surface area contributed by atoms with Gasteiger partial charge in [0.05, 0.1) is 0 Å². The number of hydrogen-bond acceptors (Lipinski definition) is 1. The van der Waals surface area contributed by atoms with E-state index >= 15 is 0 Å². The maximum atomic E-state index is 5.71. The van der Waals surface area contributed by atoms with Gasteiger partial charge in [-0.15, -0.1) is 39.5 Å². The molecule has 1 nitrogen and oxygen atoms in total. The molecule has 8 unspecified atom stereocenters. The Morgan fingerprint density at radius 1 is 0.699 bits per heavy atom. The van der Waals surface area contributed by atoms with Crippen LogP contribution in [0.1, 0.15) is 213 Å². The molecule has 1 N–H and O–H groups in total. The summed E-state index contributed by atoms with van der Waals surface area (Å²) in [5.74, 6) is 6.79. The Balaban J connectivity index is -0.000000271. The van der Waals surface area contributed by atoms with E-state index in [2.05, 4.69) is 234 Å². The number of benzene rings is 1. The second kappa shape index (κ2) is 53.1. The van der Waals surface area contributed by atoms with Gasteiger partial charge in [0.25, 0.3) is 0 Å². The second-order valence-corrected chi connectivity index (χ2v) is 36.8. The summed E-state index contributed by atoms with van der Waals surface area (Å²) in [6, 6.07) is 13.2. The van der Waals surface area contributed by atoms with Crippen LogP contribution < -0.4 is 0 Å². The Hall–Kier alpha value is -2.00. The van der Waals surface area contributed by atoms with Gasteiger partial charge in [-0.2, -0.15) is 0 Å². The fourth-order valence-electron chi connectivity index (χ4n) is 11.4. The van der Waals surface area contributed by atoms with Crippen LogP contribution in [0.15, 0.2) is 166 Å². The van der Waals surface area contributed by atoms with E-state index in [1.807, 2.05) is 39.0 Å². The zero-order valence-electron chi connectivity index (χ0n) is 60.0. The van der Waals surface area contributed by atoms with Crippen molar-refractivity contribution in [1.82, 2.24) is 0 Å². The summed E-state index contributed by atoms with van der Waals surface area (Å²) in [6.45, 7) is 67.2. The summed E-state index contributed by atoms with van der Waals surface area (Å²) in [6.07, 6.45) is 46.2. The van der Waals surface area contributed by atoms with Gasteiger partial charge in [0.15, 0.2) is 0 Å². The van der Waals surface area contributed by atoms with Crippen LogP contribution in [0.25, 0.3) is 0 Å². The molecule has 1 aromatic rings. The number of halogens is 2. The van der Waals surface area contributed by atoms with Crippen molar-refractivity contribution in [2.75, 3.05) is 7.11 Å². The molecule has 5 rings (SSSR count). The fraction of sp³-hybridized carbons (Fsp3) is 0.615. The van der Waals surface area contributed by atoms with Gasteiger partial charge >= 0.3 is 37.9 Å². The summed E-state index contributed by atoms with van der Waals surface area (Å²) in [5, 5.41) is 3.50. The molecule has 0 aromatic heterocycles. The summed E-state index contributed by atoms with van der Waals surface area (Å²) >= 11 is -0.826. The molecule has 2 saturated carbocycles. The van der Waals surface area contributed by atoms with Crippen LogP contribution in [0.4, 0.5) is 0 Å². The molecule has 478 valence electrons. The topological polar surface area (TPSA) is 20.2 Å². The van der Waals surface area contributed by atoms with Gasteiger partial charge in [0.1, 0.15) is 0 Å². The predicted molar refractivity (Wildman–Crippen MR) is 389 cm³/mol. The zero-order valence-corrected chi connectivity index (χ0v) is 63.9. The van der Waals surface area contributed by atoms with Gasteiger partial charge in [-0.3, -0.25) is 0 Å². The molecule has 0 saturated heterocycles. The molecule has 0 radical (unpaired) electrons. The van der Waals surface area contributed by atoms with Crippen molar-refractivity contribution in [2.24, 2.45) is 69.5 Å². The van der Waals surface area contributed by atoms with Gasteiger partial charge in [0.2, 0.25) is 1.43 Å². The first-order chi connectivity index (χ1) is 38.4. The van der Waals surface area contributed by atoms with Crippen LogP contribution in [-0.2, 0) is 20.8 Å². The summed E-state index contributed by atoms with van der Waals surface area (Å²) in [4.78, 5) is 0. The van der Waals surface area contributed by atoms with Crippen molar-refractivity contribution in [3.8, 4) is 0 Å². The molecule has 4 aliphatic carbocycles. The van der Waals surface area contributed by atoms with E-state index in [1.54, 1.807) is 23.8 Å². The molecule has 0 heterocycles. The Bertz CT molecular complexity index is 1880. The molecular weight excluding hydrogens is 1140 g/mol. The molecule has 5 heteroatoms. The summed E-state index contributed by atoms with van der Waals surface area (Å²) < 4.78 is 5.71. The predicted octanol–water partition coefficient (Wildman–Crippen LogP) is 26.9. The van der Waals surface area contributed by atoms with Gasteiger partial charge in [-0.1, -0.05) is 256 Å². The Kier molecular flexibility index (Phi) is 57.4. The maximum absolute atomic E-state index is 5.71. The number of aliphatic hydroxyl groups is 1. The average molecular weight is 1280 g/mol. The number of rotatable bonds is 18. The van der Waals surface area contributed by atoms with Crippen molar-refractivity contribution in [3.63, 3.8) is 0 Å². The number of unbranched alkanes of at least 4 members (excludes halogenated alkanes) is 6. The van der Waals surface area contributed by atoms with Crippen molar-refractivity contribution in [3.05, 3.63) is 186 Å². The molecule has 2 fully saturated rings. The van der Waals surface area contributed by atoms with Crippen molar-refractivity contribution >= 4 is 25.1 Å². The fourth-order valence-corrected chi connectivity index (χ4v) is 12.7. The van der Waals surface area contributed by atoms with E-state index in [0.717, 1.165) is 30.1 Å². The zero-order chi connectivity index (χ0) is 64.1. The van der Waals surface area contributed by atoms with Crippen LogP contribution in [-0.4, -0.2) is 21.7 Å². The SMILES string of the molecule is C=CC.C=CC.C=CC.C=CCC(C)CCC.C=CCCCC=C(C)C.C=CCCCCCC[Si](C)(C)C.CC1CC(C(C)(C)C)CC1[C@@H](c1ccccc1)C1C2C=CC(C(C)(C)C)=CC2C2C=C(C(C)(C)C)C=CC21.[2H]OC.[CH3-].[CH3-].[Cl][Zr+2][Cl]. The quantitative estimate of drug-likeness (QED) is 0.0672. The van der Waals surface area contributed by atoms with E-state index in [0.29, 0.717) is 40.9 Å². The van der Waals surface area contributed by atoms with E-state index in [-0.39, 0.29) is 25.7 Å². The molecule has 0 spiro atoms. The average Bonchev–Trinajstić information content (AvgIpc) is 3.93. The third kappa shape index (κ3) is 42.5. The van der Waals surface area contributed by atoms with Gasteiger partial charge in [-0.05, 0) is 178 Å². The second-order valence-electron chi connectivity index (χ2n) is 27.5. The number of hydrogen-bond donors (Lipinski definition) is 1. The molecular formula is C78H138Cl2OSiZr. The minimum absolute atomic E-state index is 0. The Labute approximate surface area is 543 Å². The Morgan fingerprint density at radius 2 is 1.12 bits per heavy atom. The van der Waals surface area contributed by atoms with Crippen molar-refractivity contribution in [2.45, 2.75) is 233 Å². The van der Waals surface area contributed by atoms with Gasteiger partial charge < -0.3 is 20.0 Å². The van der Waals surface area contributed by atoms with E-state index in [4.69, 9.17) is 18.5 Å². The van der Waals surface area contributed by atoms with E-state index < -0.39 is 28.9 Å². The number of fused-ring (bicyclic) bond motifs is 3. The van der Waals surface area contributed by atoms with Crippen LogP contribution in [0.2, 0.25) is 25.7 Å². The molecule has 0 bridgehead atoms. The van der Waals surface area contributed by atoms with Crippen LogP contribution >= 0.6 is 17.0 Å². The molecule has 1 aromatic carbocycles. The normalized spacial score (nSPS) is 21.2. The molecule has 0 aliphatic heterocycles. The van der Waals surface area contributed by atoms with Gasteiger partial charge in [0, 0.05) is 15.2 Å². The van der Waals surface area contributed by atoms with E-state index in [1.165, 1.54) is 107 Å². The number of aliphatic hydroxyl groups excluding tert-OH is 1. The Morgan fingerprint density at radius 3 is 1.47 bits per heavy atom. The standard InChI is InChI=1S/C38H54.C11H24Si.C9H16.C8H16.3C3H6.CH4O.2CH3.2ClH.Zr/c1-24-20-28(38(8,9)10)23-31(24)34(25-14-12-11-13-15-25)35-29-18-16-26(36(2,3)4)21-32(29)33-22-27(37(5,6)7)17-19-30(33)35;1-5-6-7-8-9-10-11-12(2,3)4;1-4-5-6-7-8-9(2)3;1-4-6-8(3)7-5-2;3*1-3-2;1-2;;;;;/h11-19,21-22,24,28-35H,20,23H2,1-10H3;5H,1,6-11H2,2-4H3;4,8H,1,5-7H2,2-3H3;4,8H,1,5-7H2,2-3H3;3*3H,1H2,2H3;2H,1H3;2*1H3;2*1H;/q;;;;;;;;2*-1;;;+4/p-2/t24?,28?,29?,30?,31?,32?,33?,34-,35?;;;;;;;;;;;;/m1............/s1/i;;;;;;;2D;;;;;.